The first-order valence-electron chi connectivity index (χ1n) is 2.94. The fourth-order valence-electron chi connectivity index (χ4n) is 0.324. The molecule has 0 atom stereocenters. The number of rotatable bonds is 1. The van der Waals surface area contributed by atoms with Crippen molar-refractivity contribution < 1.29 is 9.63 Å². The van der Waals surface area contributed by atoms with Crippen molar-refractivity contribution in [2.45, 2.75) is 20.5 Å². The van der Waals surface area contributed by atoms with Crippen molar-refractivity contribution >= 4 is 0 Å². The fourth-order valence-corrected chi connectivity index (χ4v) is 0.324. The SMILES string of the molecule is CC.OCc1ccno1. The van der Waals surface area contributed by atoms with Gasteiger partial charge in [0.05, 0.1) is 6.20 Å². The maximum Gasteiger partial charge on any atom is 0.162 e. The first kappa shape index (κ1) is 8.17. The summed E-state index contributed by atoms with van der Waals surface area (Å²) in [7, 11) is 0. The van der Waals surface area contributed by atoms with Crippen LogP contribution in [-0.2, 0) is 6.61 Å². The van der Waals surface area contributed by atoms with Crippen LogP contribution in [0.3, 0.4) is 0 Å². The number of nitrogens with zero attached hydrogens (tertiary/aromatic N) is 1. The van der Waals surface area contributed by atoms with E-state index in [1.54, 1.807) is 6.07 Å². The molecule has 1 aromatic heterocycles. The Morgan fingerprint density at radius 1 is 1.67 bits per heavy atom. The minimum Gasteiger partial charge on any atom is -0.388 e. The van der Waals surface area contributed by atoms with Crippen molar-refractivity contribution in [2.75, 3.05) is 0 Å². The van der Waals surface area contributed by atoms with Gasteiger partial charge in [-0.25, -0.2) is 0 Å². The van der Waals surface area contributed by atoms with Gasteiger partial charge in [0.1, 0.15) is 6.61 Å². The third-order valence-electron chi connectivity index (χ3n) is 0.647. The topological polar surface area (TPSA) is 46.3 Å². The van der Waals surface area contributed by atoms with Gasteiger partial charge >= 0.3 is 0 Å². The summed E-state index contributed by atoms with van der Waals surface area (Å²) in [5.41, 5.74) is 0. The maximum absolute atomic E-state index is 8.29. The Balaban J connectivity index is 0.000000291. The van der Waals surface area contributed by atoms with Crippen molar-refractivity contribution in [3.63, 3.8) is 0 Å². The van der Waals surface area contributed by atoms with Crippen LogP contribution in [-0.4, -0.2) is 10.3 Å². The molecule has 0 saturated carbocycles. The maximum atomic E-state index is 8.29. The van der Waals surface area contributed by atoms with Gasteiger partial charge in [-0.15, -0.1) is 0 Å². The van der Waals surface area contributed by atoms with E-state index in [2.05, 4.69) is 9.68 Å². The molecule has 0 aliphatic carbocycles. The van der Waals surface area contributed by atoms with E-state index in [0.717, 1.165) is 0 Å². The van der Waals surface area contributed by atoms with Gasteiger partial charge in [0, 0.05) is 6.07 Å². The van der Waals surface area contributed by atoms with Crippen molar-refractivity contribution in [3.8, 4) is 0 Å². The van der Waals surface area contributed by atoms with E-state index >= 15 is 0 Å². The third kappa shape index (κ3) is 2.87. The first-order chi connectivity index (χ1) is 4.43. The molecular weight excluding hydrogens is 118 g/mol. The Hall–Kier alpha value is -0.830. The second-order valence-corrected chi connectivity index (χ2v) is 1.14. The van der Waals surface area contributed by atoms with Crippen LogP contribution in [0, 0.1) is 0 Å². The molecule has 9 heavy (non-hydrogen) atoms. The van der Waals surface area contributed by atoms with Gasteiger partial charge in [0.2, 0.25) is 0 Å². The molecule has 0 spiro atoms. The summed E-state index contributed by atoms with van der Waals surface area (Å²) in [6, 6.07) is 1.61. The molecule has 0 aliphatic heterocycles. The van der Waals surface area contributed by atoms with Gasteiger partial charge in [-0.05, 0) is 0 Å². The first-order valence-corrected chi connectivity index (χ1v) is 2.94. The third-order valence-corrected chi connectivity index (χ3v) is 0.647. The van der Waals surface area contributed by atoms with Crippen molar-refractivity contribution in [1.29, 1.82) is 0 Å². The van der Waals surface area contributed by atoms with Gasteiger partial charge in [0.25, 0.3) is 0 Å². The lowest BCUT2D eigenvalue weighted by Gasteiger charge is -1.76. The van der Waals surface area contributed by atoms with Crippen LogP contribution in [0.1, 0.15) is 19.6 Å². The summed E-state index contributed by atoms with van der Waals surface area (Å²) in [5, 5.41) is 11.7. The van der Waals surface area contributed by atoms with Crippen molar-refractivity contribution in [1.82, 2.24) is 5.16 Å². The molecule has 0 radical (unpaired) electrons. The zero-order valence-corrected chi connectivity index (χ0v) is 5.66. The van der Waals surface area contributed by atoms with Crippen LogP contribution < -0.4 is 0 Å². The summed E-state index contributed by atoms with van der Waals surface area (Å²) in [6.07, 6.45) is 1.49. The number of aromatic nitrogens is 1. The molecule has 1 heterocycles. The lowest BCUT2D eigenvalue weighted by molar-refractivity contribution is 0.229. The Morgan fingerprint density at radius 2 is 2.33 bits per heavy atom. The molecule has 0 unspecified atom stereocenters. The fraction of sp³-hybridized carbons (Fsp3) is 0.500. The van der Waals surface area contributed by atoms with E-state index in [-0.39, 0.29) is 6.61 Å². The van der Waals surface area contributed by atoms with E-state index in [0.29, 0.717) is 5.76 Å². The molecule has 1 aromatic rings. The molecule has 0 saturated heterocycles. The van der Waals surface area contributed by atoms with Crippen LogP contribution in [0.4, 0.5) is 0 Å². The Kier molecular flexibility index (Phi) is 4.82. The molecule has 52 valence electrons. The van der Waals surface area contributed by atoms with E-state index in [1.807, 2.05) is 13.8 Å². The van der Waals surface area contributed by atoms with E-state index < -0.39 is 0 Å². The normalized spacial score (nSPS) is 7.89. The molecule has 0 fully saturated rings. The Morgan fingerprint density at radius 3 is 2.56 bits per heavy atom. The Bertz CT molecular complexity index is 126. The van der Waals surface area contributed by atoms with Gasteiger partial charge in [-0.2, -0.15) is 0 Å². The van der Waals surface area contributed by atoms with Gasteiger partial charge in [-0.1, -0.05) is 19.0 Å². The summed E-state index contributed by atoms with van der Waals surface area (Å²) >= 11 is 0. The second-order valence-electron chi connectivity index (χ2n) is 1.14. The highest BCUT2D eigenvalue weighted by Gasteiger charge is 1.87. The molecule has 0 aromatic carbocycles. The number of aliphatic hydroxyl groups excluding tert-OH is 1. The van der Waals surface area contributed by atoms with E-state index in [4.69, 9.17) is 5.11 Å². The molecule has 3 heteroatoms. The lowest BCUT2D eigenvalue weighted by atomic mass is 10.5. The Labute approximate surface area is 54.3 Å². The summed E-state index contributed by atoms with van der Waals surface area (Å²) in [4.78, 5) is 0. The van der Waals surface area contributed by atoms with Gasteiger partial charge < -0.3 is 9.63 Å². The van der Waals surface area contributed by atoms with Crippen LogP contribution in [0.25, 0.3) is 0 Å². The smallest absolute Gasteiger partial charge is 0.162 e. The average molecular weight is 129 g/mol. The monoisotopic (exact) mass is 129 g/mol. The van der Waals surface area contributed by atoms with Crippen LogP contribution in [0.15, 0.2) is 16.8 Å². The minimum absolute atomic E-state index is 0.0694. The summed E-state index contributed by atoms with van der Waals surface area (Å²) in [6.45, 7) is 3.93. The summed E-state index contributed by atoms with van der Waals surface area (Å²) < 4.78 is 4.48. The second kappa shape index (κ2) is 5.31. The van der Waals surface area contributed by atoms with Gasteiger partial charge in [0.15, 0.2) is 5.76 Å². The molecule has 1 rings (SSSR count). The molecule has 0 amide bonds. The predicted molar refractivity (Wildman–Crippen MR) is 33.8 cm³/mol. The predicted octanol–water partition coefficient (Wildman–Crippen LogP) is 1.19. The van der Waals surface area contributed by atoms with Gasteiger partial charge in [-0.3, -0.25) is 0 Å². The van der Waals surface area contributed by atoms with Crippen LogP contribution >= 0.6 is 0 Å². The highest BCUT2D eigenvalue weighted by Crippen LogP contribution is 1.92. The molecular formula is C6H11NO2. The molecule has 1 N–H and O–H groups in total. The quantitative estimate of drug-likeness (QED) is 0.619. The highest BCUT2D eigenvalue weighted by atomic mass is 16.5. The van der Waals surface area contributed by atoms with Crippen LogP contribution in [0.2, 0.25) is 0 Å². The minimum atomic E-state index is -0.0694. The van der Waals surface area contributed by atoms with E-state index in [9.17, 15) is 0 Å². The average Bonchev–Trinajstić information content (AvgIpc) is 2.43. The van der Waals surface area contributed by atoms with Crippen LogP contribution in [0.5, 0.6) is 0 Å². The number of hydrogen-bond donors (Lipinski definition) is 1. The van der Waals surface area contributed by atoms with E-state index in [1.165, 1.54) is 6.20 Å². The molecule has 0 bridgehead atoms. The molecule has 3 nitrogen and oxygen atoms in total. The zero-order valence-electron chi connectivity index (χ0n) is 5.66. The summed E-state index contributed by atoms with van der Waals surface area (Å²) in [5.74, 6) is 0.500. The standard InChI is InChI=1S/C4H5NO2.C2H6/c6-3-4-1-2-5-7-4;1-2/h1-2,6H,3H2;1-2H3. The van der Waals surface area contributed by atoms with Crippen molar-refractivity contribution in [3.05, 3.63) is 18.0 Å². The largest absolute Gasteiger partial charge is 0.388 e. The molecule has 0 aliphatic rings. The lowest BCUT2D eigenvalue weighted by Crippen LogP contribution is -1.72. The number of aliphatic hydroxyl groups is 1. The highest BCUT2D eigenvalue weighted by molar-refractivity contribution is 4.89. The van der Waals surface area contributed by atoms with Crippen molar-refractivity contribution in [2.24, 2.45) is 0 Å². The number of hydrogen-bond acceptors (Lipinski definition) is 3. The zero-order chi connectivity index (χ0) is 7.11.